The molecule has 1 aliphatic carbocycles. The normalized spacial score (nSPS) is 30.9. The first-order chi connectivity index (χ1) is 9.92. The van der Waals surface area contributed by atoms with Crippen LogP contribution in [0.25, 0.3) is 0 Å². The largest absolute Gasteiger partial charge is 0.390 e. The lowest BCUT2D eigenvalue weighted by molar-refractivity contribution is -0.0816. The Morgan fingerprint density at radius 2 is 2.14 bits per heavy atom. The molecule has 1 saturated heterocycles. The minimum Gasteiger partial charge on any atom is -0.390 e. The first kappa shape index (κ1) is 15.2. The molecule has 0 bridgehead atoms. The van der Waals surface area contributed by atoms with Gasteiger partial charge in [-0.1, -0.05) is 24.4 Å². The number of piperidine rings is 1. The number of halogens is 1. The van der Waals surface area contributed by atoms with Crippen LogP contribution in [0.4, 0.5) is 0 Å². The summed E-state index contributed by atoms with van der Waals surface area (Å²) in [5.74, 6) is 0.0371. The molecule has 0 spiro atoms. The van der Waals surface area contributed by atoms with Crippen LogP contribution in [0.2, 0.25) is 5.15 Å². The molecular weight excluding hydrogens is 312 g/mol. The third-order valence-corrected chi connectivity index (χ3v) is 6.80. The summed E-state index contributed by atoms with van der Waals surface area (Å²) in [6, 6.07) is 2.96. The van der Waals surface area contributed by atoms with Gasteiger partial charge in [-0.05, 0) is 31.4 Å². The van der Waals surface area contributed by atoms with Gasteiger partial charge in [0.2, 0.25) is 10.0 Å². The zero-order valence-corrected chi connectivity index (χ0v) is 13.3. The maximum atomic E-state index is 12.6. The van der Waals surface area contributed by atoms with Crippen molar-refractivity contribution >= 4 is 21.6 Å². The van der Waals surface area contributed by atoms with Gasteiger partial charge < -0.3 is 5.11 Å². The Morgan fingerprint density at radius 3 is 2.86 bits per heavy atom. The highest BCUT2D eigenvalue weighted by atomic mass is 35.5. The molecule has 0 aromatic carbocycles. The predicted molar refractivity (Wildman–Crippen MR) is 79.5 cm³/mol. The topological polar surface area (TPSA) is 70.5 Å². The molecule has 0 radical (unpaired) electrons. The molecule has 1 aliphatic heterocycles. The smallest absolute Gasteiger partial charge is 0.244 e. The third kappa shape index (κ3) is 2.82. The number of pyridine rings is 1. The zero-order valence-electron chi connectivity index (χ0n) is 11.7. The van der Waals surface area contributed by atoms with Crippen LogP contribution in [0.5, 0.6) is 0 Å². The molecule has 3 rings (SSSR count). The number of hydrogen-bond donors (Lipinski definition) is 1. The van der Waals surface area contributed by atoms with Crippen molar-refractivity contribution in [1.82, 2.24) is 9.29 Å². The number of sulfonamides is 1. The van der Waals surface area contributed by atoms with Gasteiger partial charge in [0, 0.05) is 25.2 Å². The van der Waals surface area contributed by atoms with E-state index < -0.39 is 15.6 Å². The Bertz CT molecular complexity index is 620. The molecular formula is C14H19ClN2O3S. The van der Waals surface area contributed by atoms with Gasteiger partial charge >= 0.3 is 0 Å². The van der Waals surface area contributed by atoms with Crippen molar-refractivity contribution in [2.75, 3.05) is 13.1 Å². The maximum Gasteiger partial charge on any atom is 0.244 e. The summed E-state index contributed by atoms with van der Waals surface area (Å²) < 4.78 is 26.8. The van der Waals surface area contributed by atoms with Crippen molar-refractivity contribution < 1.29 is 13.5 Å². The Hall–Kier alpha value is -0.690. The number of aliphatic hydroxyl groups is 1. The van der Waals surface area contributed by atoms with Crippen LogP contribution >= 0.6 is 11.6 Å². The zero-order chi connectivity index (χ0) is 15.1. The van der Waals surface area contributed by atoms with Crippen molar-refractivity contribution in [3.05, 3.63) is 23.5 Å². The first-order valence-corrected chi connectivity index (χ1v) is 9.08. The van der Waals surface area contributed by atoms with E-state index >= 15 is 0 Å². The highest BCUT2D eigenvalue weighted by Crippen LogP contribution is 2.40. The van der Waals surface area contributed by atoms with Gasteiger partial charge in [0.15, 0.2) is 0 Å². The van der Waals surface area contributed by atoms with E-state index in [1.165, 1.54) is 22.6 Å². The SMILES string of the molecule is O=S(=O)(c1ccc(Cl)nc1)N1CCC2(O)CCCCC2C1. The fraction of sp³-hybridized carbons (Fsp3) is 0.643. The van der Waals surface area contributed by atoms with E-state index in [2.05, 4.69) is 4.98 Å². The Balaban J connectivity index is 1.82. The van der Waals surface area contributed by atoms with E-state index in [1.807, 2.05) is 0 Å². The van der Waals surface area contributed by atoms with Gasteiger partial charge in [-0.3, -0.25) is 0 Å². The molecule has 2 unspecified atom stereocenters. The summed E-state index contributed by atoms with van der Waals surface area (Å²) >= 11 is 5.70. The average molecular weight is 331 g/mol. The monoisotopic (exact) mass is 330 g/mol. The molecule has 21 heavy (non-hydrogen) atoms. The summed E-state index contributed by atoms with van der Waals surface area (Å²) in [7, 11) is -3.56. The lowest BCUT2D eigenvalue weighted by atomic mass is 9.72. The van der Waals surface area contributed by atoms with Crippen molar-refractivity contribution in [3.63, 3.8) is 0 Å². The quantitative estimate of drug-likeness (QED) is 0.842. The first-order valence-electron chi connectivity index (χ1n) is 7.26. The molecule has 1 saturated carbocycles. The van der Waals surface area contributed by atoms with Gasteiger partial charge in [-0.25, -0.2) is 13.4 Å². The Morgan fingerprint density at radius 1 is 1.33 bits per heavy atom. The van der Waals surface area contributed by atoms with Crippen LogP contribution in [-0.2, 0) is 10.0 Å². The molecule has 5 nitrogen and oxygen atoms in total. The molecule has 7 heteroatoms. The molecule has 1 aromatic rings. The number of hydrogen-bond acceptors (Lipinski definition) is 4. The van der Waals surface area contributed by atoms with E-state index in [9.17, 15) is 13.5 Å². The van der Waals surface area contributed by atoms with Crippen LogP contribution in [0.1, 0.15) is 32.1 Å². The molecule has 2 aliphatic rings. The van der Waals surface area contributed by atoms with Crippen molar-refractivity contribution in [2.45, 2.75) is 42.6 Å². The van der Waals surface area contributed by atoms with Crippen LogP contribution in [-0.4, -0.2) is 41.5 Å². The number of nitrogens with zero attached hydrogens (tertiary/aromatic N) is 2. The highest BCUT2D eigenvalue weighted by molar-refractivity contribution is 7.89. The third-order valence-electron chi connectivity index (χ3n) is 4.73. The minimum atomic E-state index is -3.56. The van der Waals surface area contributed by atoms with Gasteiger partial charge in [0.05, 0.1) is 5.60 Å². The number of aromatic nitrogens is 1. The summed E-state index contributed by atoms with van der Waals surface area (Å²) in [6.45, 7) is 0.749. The van der Waals surface area contributed by atoms with E-state index in [0.29, 0.717) is 19.5 Å². The van der Waals surface area contributed by atoms with Crippen molar-refractivity contribution in [1.29, 1.82) is 0 Å². The van der Waals surface area contributed by atoms with Crippen LogP contribution in [0, 0.1) is 5.92 Å². The van der Waals surface area contributed by atoms with Crippen LogP contribution in [0.3, 0.4) is 0 Å². The second-order valence-electron chi connectivity index (χ2n) is 5.98. The lowest BCUT2D eigenvalue weighted by Crippen LogP contribution is -2.54. The Kier molecular flexibility index (Phi) is 3.98. The van der Waals surface area contributed by atoms with E-state index in [0.717, 1.165) is 25.7 Å². The Labute approximate surface area is 130 Å². The van der Waals surface area contributed by atoms with Gasteiger partial charge in [0.1, 0.15) is 10.0 Å². The van der Waals surface area contributed by atoms with Crippen molar-refractivity contribution in [3.8, 4) is 0 Å². The lowest BCUT2D eigenvalue weighted by Gasteiger charge is -2.46. The molecule has 116 valence electrons. The van der Waals surface area contributed by atoms with Crippen molar-refractivity contribution in [2.24, 2.45) is 5.92 Å². The van der Waals surface area contributed by atoms with E-state index in [1.54, 1.807) is 0 Å². The van der Waals surface area contributed by atoms with Gasteiger partial charge in [0.25, 0.3) is 0 Å². The van der Waals surface area contributed by atoms with Crippen LogP contribution < -0.4 is 0 Å². The molecule has 2 atom stereocenters. The second kappa shape index (κ2) is 5.50. The molecule has 0 amide bonds. The predicted octanol–water partition coefficient (Wildman–Crippen LogP) is 2.05. The average Bonchev–Trinajstić information content (AvgIpc) is 2.46. The molecule has 1 N–H and O–H groups in total. The summed E-state index contributed by atoms with van der Waals surface area (Å²) in [4.78, 5) is 4.01. The van der Waals surface area contributed by atoms with E-state index in [-0.39, 0.29) is 16.0 Å². The summed E-state index contributed by atoms with van der Waals surface area (Å²) in [5.41, 5.74) is -0.678. The van der Waals surface area contributed by atoms with Gasteiger partial charge in [-0.15, -0.1) is 0 Å². The van der Waals surface area contributed by atoms with Crippen LogP contribution in [0.15, 0.2) is 23.2 Å². The molecule has 2 fully saturated rings. The summed E-state index contributed by atoms with van der Waals surface area (Å²) in [5, 5.41) is 10.9. The number of rotatable bonds is 2. The standard InChI is InChI=1S/C14H19ClN2O3S/c15-13-5-4-12(9-16-13)21(19,20)17-8-7-14(18)6-2-1-3-11(14)10-17/h4-5,9,11,18H,1-3,6-8,10H2. The summed E-state index contributed by atoms with van der Waals surface area (Å²) in [6.07, 6.45) is 5.57. The van der Waals surface area contributed by atoms with Gasteiger partial charge in [-0.2, -0.15) is 4.31 Å². The molecule has 1 aromatic heterocycles. The number of fused-ring (bicyclic) bond motifs is 1. The second-order valence-corrected chi connectivity index (χ2v) is 8.30. The fourth-order valence-corrected chi connectivity index (χ4v) is 4.97. The van der Waals surface area contributed by atoms with E-state index in [4.69, 9.17) is 11.6 Å². The maximum absolute atomic E-state index is 12.6. The fourth-order valence-electron chi connectivity index (χ4n) is 3.42. The highest BCUT2D eigenvalue weighted by Gasteiger charge is 2.45. The molecule has 2 heterocycles. The minimum absolute atomic E-state index is 0.0371.